The third kappa shape index (κ3) is 2.97. The van der Waals surface area contributed by atoms with Gasteiger partial charge in [-0.25, -0.2) is 4.79 Å². The monoisotopic (exact) mass is 336 g/mol. The molecule has 2 amide bonds. The number of rotatable bonds is 4. The quantitative estimate of drug-likeness (QED) is 0.904. The molecular formula is C16H20N2O4S. The van der Waals surface area contributed by atoms with E-state index in [0.29, 0.717) is 17.3 Å². The first kappa shape index (κ1) is 16.0. The average Bonchev–Trinajstić information content (AvgIpc) is 3.21. The maximum absolute atomic E-state index is 12.5. The molecule has 0 spiro atoms. The molecule has 0 radical (unpaired) electrons. The number of hydrogen-bond acceptors (Lipinski definition) is 4. The second-order valence-corrected chi connectivity index (χ2v) is 7.27. The summed E-state index contributed by atoms with van der Waals surface area (Å²) < 4.78 is 0. The van der Waals surface area contributed by atoms with Gasteiger partial charge in [-0.1, -0.05) is 12.5 Å². The Balaban J connectivity index is 1.68. The number of fused-ring (bicyclic) bond motifs is 1. The van der Waals surface area contributed by atoms with Crippen molar-refractivity contribution in [2.45, 2.75) is 25.3 Å². The molecule has 0 bridgehead atoms. The van der Waals surface area contributed by atoms with Crippen molar-refractivity contribution in [3.63, 3.8) is 0 Å². The van der Waals surface area contributed by atoms with Gasteiger partial charge in [-0.2, -0.15) is 0 Å². The minimum atomic E-state index is -0.931. The van der Waals surface area contributed by atoms with Gasteiger partial charge in [0, 0.05) is 13.6 Å². The molecule has 1 aromatic rings. The molecule has 124 valence electrons. The van der Waals surface area contributed by atoms with Gasteiger partial charge in [-0.3, -0.25) is 9.59 Å². The van der Waals surface area contributed by atoms with Crippen LogP contribution in [0, 0.1) is 11.8 Å². The molecule has 2 heterocycles. The number of hydrogen-bond donors (Lipinski definition) is 1. The van der Waals surface area contributed by atoms with Crippen LogP contribution in [0.1, 0.15) is 28.9 Å². The minimum Gasteiger partial charge on any atom is -0.480 e. The summed E-state index contributed by atoms with van der Waals surface area (Å²) in [6.45, 7) is 0.418. The number of carbonyl (C=O) groups is 3. The number of carboxylic acid groups (broad SMARTS) is 1. The summed E-state index contributed by atoms with van der Waals surface area (Å²) in [7, 11) is 1.58. The molecule has 6 nitrogen and oxygen atoms in total. The molecule has 1 aromatic heterocycles. The first-order chi connectivity index (χ1) is 11.0. The van der Waals surface area contributed by atoms with E-state index in [1.54, 1.807) is 19.2 Å². The van der Waals surface area contributed by atoms with Crippen LogP contribution in [0.25, 0.3) is 0 Å². The summed E-state index contributed by atoms with van der Waals surface area (Å²) in [5.74, 6) is -1.06. The van der Waals surface area contributed by atoms with Gasteiger partial charge in [0.15, 0.2) is 0 Å². The Bertz CT molecular complexity index is 616. The topological polar surface area (TPSA) is 77.9 Å². The summed E-state index contributed by atoms with van der Waals surface area (Å²) >= 11 is 1.33. The Kier molecular flexibility index (Phi) is 4.39. The van der Waals surface area contributed by atoms with Crippen LogP contribution < -0.4 is 0 Å². The number of nitrogens with zero attached hydrogens (tertiary/aromatic N) is 2. The summed E-state index contributed by atoms with van der Waals surface area (Å²) in [6.07, 6.45) is 2.90. The van der Waals surface area contributed by atoms with Crippen molar-refractivity contribution in [1.82, 2.24) is 9.80 Å². The zero-order valence-corrected chi connectivity index (χ0v) is 13.8. The van der Waals surface area contributed by atoms with Crippen LogP contribution in [0.5, 0.6) is 0 Å². The van der Waals surface area contributed by atoms with E-state index in [1.165, 1.54) is 21.1 Å². The van der Waals surface area contributed by atoms with Gasteiger partial charge < -0.3 is 14.9 Å². The highest BCUT2D eigenvalue weighted by molar-refractivity contribution is 7.12. The fourth-order valence-corrected chi connectivity index (χ4v) is 4.55. The maximum atomic E-state index is 12.5. The van der Waals surface area contributed by atoms with Crippen molar-refractivity contribution >= 4 is 29.1 Å². The zero-order chi connectivity index (χ0) is 16.6. The van der Waals surface area contributed by atoms with Crippen LogP contribution in [0.2, 0.25) is 0 Å². The molecule has 1 saturated carbocycles. The number of likely N-dealkylation sites (tertiary alicyclic amines) is 1. The van der Waals surface area contributed by atoms with E-state index in [4.69, 9.17) is 0 Å². The van der Waals surface area contributed by atoms with Crippen LogP contribution in [-0.4, -0.2) is 58.9 Å². The van der Waals surface area contributed by atoms with Crippen molar-refractivity contribution in [2.75, 3.05) is 20.1 Å². The smallest absolute Gasteiger partial charge is 0.326 e. The van der Waals surface area contributed by atoms with E-state index >= 15 is 0 Å². The molecule has 1 saturated heterocycles. The SMILES string of the molecule is CN(CC(=O)N1CC2CCCC2C1C(=O)O)C(=O)c1cccs1. The zero-order valence-electron chi connectivity index (χ0n) is 13.0. The van der Waals surface area contributed by atoms with Gasteiger partial charge in [-0.15, -0.1) is 11.3 Å². The van der Waals surface area contributed by atoms with E-state index in [9.17, 15) is 19.5 Å². The highest BCUT2D eigenvalue weighted by Gasteiger charge is 2.49. The molecular weight excluding hydrogens is 316 g/mol. The molecule has 1 aliphatic carbocycles. The van der Waals surface area contributed by atoms with E-state index in [1.807, 2.05) is 5.38 Å². The number of carboxylic acids is 1. The molecule has 3 rings (SSSR count). The third-order valence-corrected chi connectivity index (χ3v) is 5.77. The highest BCUT2D eigenvalue weighted by Crippen LogP contribution is 2.42. The third-order valence-electron chi connectivity index (χ3n) is 4.91. The number of carbonyl (C=O) groups excluding carboxylic acids is 2. The van der Waals surface area contributed by atoms with Gasteiger partial charge in [0.2, 0.25) is 5.91 Å². The van der Waals surface area contributed by atoms with Crippen molar-refractivity contribution < 1.29 is 19.5 Å². The van der Waals surface area contributed by atoms with E-state index in [-0.39, 0.29) is 24.3 Å². The van der Waals surface area contributed by atoms with Crippen LogP contribution in [0.4, 0.5) is 0 Å². The van der Waals surface area contributed by atoms with Gasteiger partial charge in [0.05, 0.1) is 11.4 Å². The molecule has 1 aliphatic heterocycles. The van der Waals surface area contributed by atoms with Crippen LogP contribution in [0.3, 0.4) is 0 Å². The van der Waals surface area contributed by atoms with Crippen molar-refractivity contribution in [3.8, 4) is 0 Å². The lowest BCUT2D eigenvalue weighted by Gasteiger charge is -2.26. The molecule has 0 aromatic carbocycles. The molecule has 3 unspecified atom stereocenters. The fourth-order valence-electron chi connectivity index (χ4n) is 3.83. The molecule has 2 aliphatic rings. The number of amides is 2. The highest BCUT2D eigenvalue weighted by atomic mass is 32.1. The number of thiophene rings is 1. The number of likely N-dealkylation sites (N-methyl/N-ethyl adjacent to an activating group) is 1. The Morgan fingerprint density at radius 3 is 2.83 bits per heavy atom. The Morgan fingerprint density at radius 1 is 1.39 bits per heavy atom. The minimum absolute atomic E-state index is 0.0646. The molecule has 1 N–H and O–H groups in total. The normalized spacial score (nSPS) is 26.1. The summed E-state index contributed by atoms with van der Waals surface area (Å²) in [5, 5.41) is 11.3. The largest absolute Gasteiger partial charge is 0.480 e. The van der Waals surface area contributed by atoms with Crippen molar-refractivity contribution in [3.05, 3.63) is 22.4 Å². The van der Waals surface area contributed by atoms with Crippen LogP contribution in [0.15, 0.2) is 17.5 Å². The molecule has 2 fully saturated rings. The molecule has 7 heteroatoms. The maximum Gasteiger partial charge on any atom is 0.326 e. The average molecular weight is 336 g/mol. The predicted octanol–water partition coefficient (Wildman–Crippen LogP) is 1.53. The van der Waals surface area contributed by atoms with Crippen molar-refractivity contribution in [1.29, 1.82) is 0 Å². The lowest BCUT2D eigenvalue weighted by atomic mass is 9.94. The second-order valence-electron chi connectivity index (χ2n) is 6.32. The summed E-state index contributed by atoms with van der Waals surface area (Å²) in [4.78, 5) is 39.8. The summed E-state index contributed by atoms with van der Waals surface area (Å²) in [5.41, 5.74) is 0. The Labute approximate surface area is 138 Å². The lowest BCUT2D eigenvalue weighted by Crippen LogP contribution is -2.47. The second kappa shape index (κ2) is 6.31. The Hall–Kier alpha value is -1.89. The lowest BCUT2D eigenvalue weighted by molar-refractivity contribution is -0.149. The number of aliphatic carboxylic acids is 1. The first-order valence-electron chi connectivity index (χ1n) is 7.80. The molecule has 23 heavy (non-hydrogen) atoms. The van der Waals surface area contributed by atoms with E-state index < -0.39 is 12.0 Å². The van der Waals surface area contributed by atoms with Crippen molar-refractivity contribution in [2.24, 2.45) is 11.8 Å². The van der Waals surface area contributed by atoms with Crippen LogP contribution in [-0.2, 0) is 9.59 Å². The fraction of sp³-hybridized carbons (Fsp3) is 0.562. The van der Waals surface area contributed by atoms with E-state index in [2.05, 4.69) is 0 Å². The predicted molar refractivity (Wildman–Crippen MR) is 85.2 cm³/mol. The first-order valence-corrected chi connectivity index (χ1v) is 8.68. The summed E-state index contributed by atoms with van der Waals surface area (Å²) in [6, 6.07) is 2.77. The van der Waals surface area contributed by atoms with E-state index in [0.717, 1.165) is 19.3 Å². The standard InChI is InChI=1S/C16H20N2O4S/c1-17(15(20)12-6-3-7-23-12)9-13(19)18-8-10-4-2-5-11(10)14(18)16(21)22/h3,6-7,10-11,14H,2,4-5,8-9H2,1H3,(H,21,22). The van der Waals surface area contributed by atoms with Gasteiger partial charge >= 0.3 is 5.97 Å². The Morgan fingerprint density at radius 2 is 2.17 bits per heavy atom. The van der Waals surface area contributed by atoms with Gasteiger partial charge in [0.25, 0.3) is 5.91 Å². The van der Waals surface area contributed by atoms with Crippen LogP contribution >= 0.6 is 11.3 Å². The van der Waals surface area contributed by atoms with Gasteiger partial charge in [0.1, 0.15) is 6.04 Å². The van der Waals surface area contributed by atoms with Gasteiger partial charge in [-0.05, 0) is 36.1 Å². The molecule has 3 atom stereocenters.